The Kier molecular flexibility index (Phi) is 4.76. The highest BCUT2D eigenvalue weighted by Crippen LogP contribution is 2.18. The van der Waals surface area contributed by atoms with Crippen molar-refractivity contribution in [3.8, 4) is 5.75 Å². The van der Waals surface area contributed by atoms with Crippen LogP contribution in [0.15, 0.2) is 24.3 Å². The van der Waals surface area contributed by atoms with Crippen LogP contribution in [0.4, 0.5) is 0 Å². The third-order valence-electron chi connectivity index (χ3n) is 3.07. The lowest BCUT2D eigenvalue weighted by Crippen LogP contribution is -2.42. The highest BCUT2D eigenvalue weighted by Gasteiger charge is 2.17. The number of hydrogen-bond acceptors (Lipinski definition) is 4. The van der Waals surface area contributed by atoms with Gasteiger partial charge in [-0.05, 0) is 24.6 Å². The average molecular weight is 265 g/mol. The number of rotatable bonds is 4. The second-order valence-corrected chi connectivity index (χ2v) is 4.53. The maximum absolute atomic E-state index is 11.9. The lowest BCUT2D eigenvalue weighted by Gasteiger charge is -2.26. The SMILES string of the molecule is C[C@@H](O)c1cccc(OCC(=O)N2CCOCC2)c1. The first-order chi connectivity index (χ1) is 9.16. The molecule has 19 heavy (non-hydrogen) atoms. The molecule has 0 radical (unpaired) electrons. The van der Waals surface area contributed by atoms with Gasteiger partial charge in [-0.15, -0.1) is 0 Å². The zero-order valence-corrected chi connectivity index (χ0v) is 11.0. The number of ether oxygens (including phenoxy) is 2. The number of hydrogen-bond donors (Lipinski definition) is 1. The molecule has 0 unspecified atom stereocenters. The summed E-state index contributed by atoms with van der Waals surface area (Å²) in [4.78, 5) is 13.6. The summed E-state index contributed by atoms with van der Waals surface area (Å²) in [5, 5.41) is 9.48. The first kappa shape index (κ1) is 13.8. The standard InChI is InChI=1S/C14H19NO4/c1-11(16)12-3-2-4-13(9-12)19-10-14(17)15-5-7-18-8-6-15/h2-4,9,11,16H,5-8,10H2,1H3/t11-/m1/s1. The second-order valence-electron chi connectivity index (χ2n) is 4.53. The molecule has 1 aromatic rings. The highest BCUT2D eigenvalue weighted by atomic mass is 16.5. The van der Waals surface area contributed by atoms with E-state index in [2.05, 4.69) is 0 Å². The van der Waals surface area contributed by atoms with Crippen molar-refractivity contribution in [1.29, 1.82) is 0 Å². The summed E-state index contributed by atoms with van der Waals surface area (Å²) in [6.07, 6.45) is -0.543. The molecule has 0 aliphatic carbocycles. The summed E-state index contributed by atoms with van der Waals surface area (Å²) in [6.45, 7) is 4.12. The van der Waals surface area contributed by atoms with E-state index in [4.69, 9.17) is 9.47 Å². The van der Waals surface area contributed by atoms with Crippen molar-refractivity contribution < 1.29 is 19.4 Å². The largest absolute Gasteiger partial charge is 0.484 e. The molecular formula is C14H19NO4. The van der Waals surface area contributed by atoms with Crippen LogP contribution in [0.25, 0.3) is 0 Å². The van der Waals surface area contributed by atoms with Crippen LogP contribution in [0.3, 0.4) is 0 Å². The predicted octanol–water partition coefficient (Wildman–Crippen LogP) is 0.978. The van der Waals surface area contributed by atoms with Gasteiger partial charge in [-0.3, -0.25) is 4.79 Å². The van der Waals surface area contributed by atoms with Crippen LogP contribution in [-0.4, -0.2) is 48.8 Å². The maximum Gasteiger partial charge on any atom is 0.260 e. The van der Waals surface area contributed by atoms with E-state index in [1.54, 1.807) is 30.0 Å². The predicted molar refractivity (Wildman–Crippen MR) is 70.0 cm³/mol. The van der Waals surface area contributed by atoms with Gasteiger partial charge in [0.15, 0.2) is 6.61 Å². The molecule has 5 nitrogen and oxygen atoms in total. The Morgan fingerprint density at radius 2 is 2.21 bits per heavy atom. The molecule has 1 amide bonds. The van der Waals surface area contributed by atoms with Crippen molar-refractivity contribution in [3.63, 3.8) is 0 Å². The summed E-state index contributed by atoms with van der Waals surface area (Å²) in [5.41, 5.74) is 0.774. The number of morpholine rings is 1. The molecule has 0 aromatic heterocycles. The quantitative estimate of drug-likeness (QED) is 0.881. The van der Waals surface area contributed by atoms with Gasteiger partial charge in [0, 0.05) is 13.1 Å². The lowest BCUT2D eigenvalue weighted by molar-refractivity contribution is -0.137. The molecule has 0 bridgehead atoms. The van der Waals surface area contributed by atoms with Crippen molar-refractivity contribution in [3.05, 3.63) is 29.8 Å². The molecule has 0 saturated carbocycles. The van der Waals surface area contributed by atoms with Crippen LogP contribution in [0.1, 0.15) is 18.6 Å². The number of aliphatic hydroxyl groups is 1. The topological polar surface area (TPSA) is 59.0 Å². The van der Waals surface area contributed by atoms with E-state index in [-0.39, 0.29) is 12.5 Å². The molecule has 1 heterocycles. The van der Waals surface area contributed by atoms with Crippen molar-refractivity contribution in [2.75, 3.05) is 32.9 Å². The van der Waals surface area contributed by atoms with Crippen LogP contribution < -0.4 is 4.74 Å². The molecule has 5 heteroatoms. The maximum atomic E-state index is 11.9. The highest BCUT2D eigenvalue weighted by molar-refractivity contribution is 5.77. The summed E-state index contributed by atoms with van der Waals surface area (Å²) in [5.74, 6) is 0.561. The van der Waals surface area contributed by atoms with Gasteiger partial charge in [0.1, 0.15) is 5.75 Å². The minimum absolute atomic E-state index is 0.0171. The Bertz CT molecular complexity index is 427. The van der Waals surface area contributed by atoms with Crippen molar-refractivity contribution in [2.45, 2.75) is 13.0 Å². The Labute approximate surface area is 112 Å². The van der Waals surface area contributed by atoms with E-state index in [1.807, 2.05) is 6.07 Å². The monoisotopic (exact) mass is 265 g/mol. The van der Waals surface area contributed by atoms with Crippen LogP contribution in [0.2, 0.25) is 0 Å². The first-order valence-corrected chi connectivity index (χ1v) is 6.43. The Morgan fingerprint density at radius 3 is 2.89 bits per heavy atom. The fraction of sp³-hybridized carbons (Fsp3) is 0.500. The lowest BCUT2D eigenvalue weighted by atomic mass is 10.1. The average Bonchev–Trinajstić information content (AvgIpc) is 2.46. The molecule has 1 saturated heterocycles. The third-order valence-corrected chi connectivity index (χ3v) is 3.07. The summed E-state index contributed by atoms with van der Waals surface area (Å²) >= 11 is 0. The van der Waals surface area contributed by atoms with Gasteiger partial charge in [0.05, 0.1) is 19.3 Å². The molecule has 1 aliphatic heterocycles. The Balaban J connectivity index is 1.87. The number of amides is 1. The normalized spacial score (nSPS) is 17.1. The van der Waals surface area contributed by atoms with E-state index in [9.17, 15) is 9.90 Å². The van der Waals surface area contributed by atoms with Crippen molar-refractivity contribution in [1.82, 2.24) is 4.90 Å². The Hall–Kier alpha value is -1.59. The minimum atomic E-state index is -0.543. The van der Waals surface area contributed by atoms with Crippen molar-refractivity contribution >= 4 is 5.91 Å². The van der Waals surface area contributed by atoms with Crippen LogP contribution in [0, 0.1) is 0 Å². The van der Waals surface area contributed by atoms with Gasteiger partial charge in [0.2, 0.25) is 0 Å². The number of nitrogens with zero attached hydrogens (tertiary/aromatic N) is 1. The number of aliphatic hydroxyl groups excluding tert-OH is 1. The summed E-state index contributed by atoms with van der Waals surface area (Å²) in [7, 11) is 0. The first-order valence-electron chi connectivity index (χ1n) is 6.43. The van der Waals surface area contributed by atoms with Gasteiger partial charge in [-0.25, -0.2) is 0 Å². The minimum Gasteiger partial charge on any atom is -0.484 e. The van der Waals surface area contributed by atoms with Gasteiger partial charge in [-0.1, -0.05) is 12.1 Å². The Morgan fingerprint density at radius 1 is 1.47 bits per heavy atom. The van der Waals surface area contributed by atoms with E-state index < -0.39 is 6.10 Å². The molecule has 1 fully saturated rings. The number of benzene rings is 1. The zero-order chi connectivity index (χ0) is 13.7. The van der Waals surface area contributed by atoms with Gasteiger partial charge >= 0.3 is 0 Å². The van der Waals surface area contributed by atoms with Crippen LogP contribution >= 0.6 is 0 Å². The second kappa shape index (κ2) is 6.54. The van der Waals surface area contributed by atoms with E-state index in [0.29, 0.717) is 32.1 Å². The van der Waals surface area contributed by atoms with E-state index in [0.717, 1.165) is 5.56 Å². The van der Waals surface area contributed by atoms with Crippen LogP contribution in [-0.2, 0) is 9.53 Å². The fourth-order valence-electron chi connectivity index (χ4n) is 1.91. The molecular weight excluding hydrogens is 246 g/mol. The summed E-state index contributed by atoms with van der Waals surface area (Å²) < 4.78 is 10.7. The molecule has 2 rings (SSSR count). The molecule has 1 aromatic carbocycles. The molecule has 0 spiro atoms. The van der Waals surface area contributed by atoms with E-state index >= 15 is 0 Å². The fourth-order valence-corrected chi connectivity index (χ4v) is 1.91. The smallest absolute Gasteiger partial charge is 0.260 e. The molecule has 104 valence electrons. The number of carbonyl (C=O) groups excluding carboxylic acids is 1. The number of carbonyl (C=O) groups is 1. The molecule has 1 aliphatic rings. The third kappa shape index (κ3) is 3.94. The van der Waals surface area contributed by atoms with E-state index in [1.165, 1.54) is 0 Å². The zero-order valence-electron chi connectivity index (χ0n) is 11.0. The van der Waals surface area contributed by atoms with Gasteiger partial charge in [0.25, 0.3) is 5.91 Å². The van der Waals surface area contributed by atoms with Gasteiger partial charge in [-0.2, -0.15) is 0 Å². The van der Waals surface area contributed by atoms with Gasteiger partial charge < -0.3 is 19.5 Å². The van der Waals surface area contributed by atoms with Crippen molar-refractivity contribution in [2.24, 2.45) is 0 Å². The molecule has 1 N–H and O–H groups in total. The van der Waals surface area contributed by atoms with Crippen LogP contribution in [0.5, 0.6) is 5.75 Å². The summed E-state index contributed by atoms with van der Waals surface area (Å²) in [6, 6.07) is 7.15. The molecule has 1 atom stereocenters.